The van der Waals surface area contributed by atoms with E-state index in [9.17, 15) is 8.42 Å². The third-order valence-corrected chi connectivity index (χ3v) is 3.71. The van der Waals surface area contributed by atoms with Crippen molar-refractivity contribution in [1.82, 2.24) is 0 Å². The normalized spacial score (nSPS) is 24.3. The van der Waals surface area contributed by atoms with Crippen molar-refractivity contribution in [3.05, 3.63) is 40.3 Å². The molecule has 0 aliphatic heterocycles. The van der Waals surface area contributed by atoms with E-state index < -0.39 is 10.1 Å². The highest BCUT2D eigenvalue weighted by atomic mass is 32.2. The van der Waals surface area contributed by atoms with Crippen LogP contribution in [-0.4, -0.2) is 23.5 Å². The highest BCUT2D eigenvalue weighted by Gasteiger charge is 2.28. The third kappa shape index (κ3) is 2.04. The Bertz CT molecular complexity index is 563. The van der Waals surface area contributed by atoms with E-state index in [1.54, 1.807) is 18.2 Å². The van der Waals surface area contributed by atoms with Gasteiger partial charge in [0.2, 0.25) is 0 Å². The molecule has 1 atom stereocenters. The second kappa shape index (κ2) is 3.83. The molecular formula is C10H10N2O3S. The van der Waals surface area contributed by atoms with Crippen LogP contribution in [0.3, 0.4) is 0 Å². The minimum absolute atomic E-state index is 0.0234. The Morgan fingerprint density at radius 2 is 2.19 bits per heavy atom. The molecule has 1 unspecified atom stereocenters. The molecule has 5 nitrogen and oxygen atoms in total. The van der Waals surface area contributed by atoms with Crippen molar-refractivity contribution in [2.24, 2.45) is 5.92 Å². The van der Waals surface area contributed by atoms with Gasteiger partial charge < -0.3 is 5.53 Å². The molecule has 0 bridgehead atoms. The lowest BCUT2D eigenvalue weighted by atomic mass is 9.84. The molecule has 0 heterocycles. The van der Waals surface area contributed by atoms with Crippen LogP contribution in [0.15, 0.2) is 34.8 Å². The van der Waals surface area contributed by atoms with Gasteiger partial charge in [-0.25, -0.2) is 0 Å². The Hall–Kier alpha value is -1.49. The van der Waals surface area contributed by atoms with Crippen LogP contribution >= 0.6 is 0 Å². The molecule has 0 aromatic carbocycles. The number of fused-ring (bicyclic) bond motifs is 1. The summed E-state index contributed by atoms with van der Waals surface area (Å²) in [7, 11) is -4.09. The van der Waals surface area contributed by atoms with Gasteiger partial charge in [0.15, 0.2) is 0 Å². The van der Waals surface area contributed by atoms with Gasteiger partial charge in [-0.2, -0.15) is 13.2 Å². The largest absolute Gasteiger partial charge is 0.361 e. The van der Waals surface area contributed by atoms with E-state index in [0.717, 1.165) is 5.57 Å². The molecule has 1 N–H and O–H groups in total. The molecule has 6 heteroatoms. The Morgan fingerprint density at radius 1 is 1.44 bits per heavy atom. The zero-order valence-corrected chi connectivity index (χ0v) is 9.18. The molecule has 0 aromatic heterocycles. The number of hydrogen-bond donors (Lipinski definition) is 1. The fourth-order valence-electron chi connectivity index (χ4n) is 1.88. The van der Waals surface area contributed by atoms with E-state index in [1.165, 1.54) is 6.08 Å². The number of hydrogen-bond acceptors (Lipinski definition) is 2. The van der Waals surface area contributed by atoms with Crippen molar-refractivity contribution in [3.63, 3.8) is 0 Å². The SMILES string of the molecule is [N-]=[N+]=C1C=CC2CC(S(=O)(=O)O)=CC=C2C1. The molecule has 0 fully saturated rings. The maximum absolute atomic E-state index is 11.0. The second-order valence-electron chi connectivity index (χ2n) is 3.79. The molecule has 16 heavy (non-hydrogen) atoms. The zero-order valence-electron chi connectivity index (χ0n) is 8.37. The molecule has 84 valence electrons. The van der Waals surface area contributed by atoms with Crippen LogP contribution < -0.4 is 0 Å². The first-order valence-corrected chi connectivity index (χ1v) is 6.21. The molecule has 0 saturated carbocycles. The molecule has 2 aliphatic rings. The Kier molecular flexibility index (Phi) is 2.63. The van der Waals surface area contributed by atoms with E-state index >= 15 is 0 Å². The van der Waals surface area contributed by atoms with E-state index in [0.29, 0.717) is 12.1 Å². The van der Waals surface area contributed by atoms with Crippen LogP contribution in [-0.2, 0) is 10.1 Å². The molecule has 2 aliphatic carbocycles. The highest BCUT2D eigenvalue weighted by Crippen LogP contribution is 2.33. The van der Waals surface area contributed by atoms with Crippen molar-refractivity contribution in [2.45, 2.75) is 12.8 Å². The summed E-state index contributed by atoms with van der Waals surface area (Å²) in [5.74, 6) is -0.0348. The minimum Gasteiger partial charge on any atom is -0.361 e. The quantitative estimate of drug-likeness (QED) is 0.424. The second-order valence-corrected chi connectivity index (χ2v) is 5.26. The monoisotopic (exact) mass is 238 g/mol. The summed E-state index contributed by atoms with van der Waals surface area (Å²) in [6, 6.07) is 0. The minimum atomic E-state index is -4.09. The smallest absolute Gasteiger partial charge is 0.295 e. The summed E-state index contributed by atoms with van der Waals surface area (Å²) in [6.07, 6.45) is 7.27. The first-order valence-electron chi connectivity index (χ1n) is 4.77. The number of allylic oxidation sites excluding steroid dienone is 6. The molecule has 0 radical (unpaired) electrons. The third-order valence-electron chi connectivity index (χ3n) is 2.75. The Balaban J connectivity index is 2.36. The average Bonchev–Trinajstić information content (AvgIpc) is 2.26. The van der Waals surface area contributed by atoms with Crippen LogP contribution in [0.1, 0.15) is 12.8 Å². The van der Waals surface area contributed by atoms with Crippen LogP contribution in [0, 0.1) is 5.92 Å². The first kappa shape index (κ1) is 11.0. The molecule has 0 aromatic rings. The Labute approximate surface area is 93.2 Å². The summed E-state index contributed by atoms with van der Waals surface area (Å²) in [5, 5.41) is 0. The maximum atomic E-state index is 11.0. The molecular weight excluding hydrogens is 228 g/mol. The maximum Gasteiger partial charge on any atom is 0.295 e. The number of nitrogens with zero attached hydrogens (tertiary/aromatic N) is 2. The highest BCUT2D eigenvalue weighted by molar-refractivity contribution is 7.89. The predicted molar refractivity (Wildman–Crippen MR) is 58.2 cm³/mol. The summed E-state index contributed by atoms with van der Waals surface area (Å²) >= 11 is 0. The first-order chi connectivity index (χ1) is 7.50. The molecule has 0 saturated heterocycles. The summed E-state index contributed by atoms with van der Waals surface area (Å²) in [4.78, 5) is 3.13. The van der Waals surface area contributed by atoms with Crippen LogP contribution in [0.5, 0.6) is 0 Å². The number of rotatable bonds is 1. The lowest BCUT2D eigenvalue weighted by Gasteiger charge is -2.22. The van der Waals surface area contributed by atoms with Gasteiger partial charge in [0, 0.05) is 12.0 Å². The summed E-state index contributed by atoms with van der Waals surface area (Å²) in [5.41, 5.74) is 10.2. The van der Waals surface area contributed by atoms with Crippen molar-refractivity contribution >= 4 is 15.8 Å². The fraction of sp³-hybridized carbons (Fsp3) is 0.300. The van der Waals surface area contributed by atoms with Crippen LogP contribution in [0.25, 0.3) is 5.53 Å². The molecule has 2 rings (SSSR count). The van der Waals surface area contributed by atoms with Crippen molar-refractivity contribution < 1.29 is 17.8 Å². The Morgan fingerprint density at radius 3 is 2.81 bits per heavy atom. The lowest BCUT2D eigenvalue weighted by molar-refractivity contribution is -0.00596. The molecule has 0 amide bonds. The topological polar surface area (TPSA) is 90.8 Å². The lowest BCUT2D eigenvalue weighted by Crippen LogP contribution is -2.18. The van der Waals surface area contributed by atoms with Crippen molar-refractivity contribution in [2.75, 3.05) is 0 Å². The van der Waals surface area contributed by atoms with Gasteiger partial charge in [-0.3, -0.25) is 4.55 Å². The van der Waals surface area contributed by atoms with Gasteiger partial charge in [-0.15, -0.1) is 0 Å². The summed E-state index contributed by atoms with van der Waals surface area (Å²) in [6.45, 7) is 0. The summed E-state index contributed by atoms with van der Waals surface area (Å²) < 4.78 is 30.8. The van der Waals surface area contributed by atoms with Crippen LogP contribution in [0.4, 0.5) is 0 Å². The van der Waals surface area contributed by atoms with Crippen LogP contribution in [0.2, 0.25) is 0 Å². The zero-order chi connectivity index (χ0) is 11.8. The van der Waals surface area contributed by atoms with E-state index in [1.807, 2.05) is 0 Å². The van der Waals surface area contributed by atoms with Crippen molar-refractivity contribution in [1.29, 1.82) is 0 Å². The van der Waals surface area contributed by atoms with Crippen molar-refractivity contribution in [3.8, 4) is 0 Å². The van der Waals surface area contributed by atoms with Gasteiger partial charge in [0.25, 0.3) is 15.8 Å². The van der Waals surface area contributed by atoms with E-state index in [-0.39, 0.29) is 17.2 Å². The van der Waals surface area contributed by atoms with Gasteiger partial charge in [0.1, 0.15) is 0 Å². The average molecular weight is 238 g/mol. The van der Waals surface area contributed by atoms with E-state index in [2.05, 4.69) is 4.79 Å². The van der Waals surface area contributed by atoms with E-state index in [4.69, 9.17) is 10.1 Å². The van der Waals surface area contributed by atoms with Gasteiger partial charge in [-0.05, 0) is 12.5 Å². The molecule has 0 spiro atoms. The fourth-order valence-corrected chi connectivity index (χ4v) is 2.51. The standard InChI is InChI=1S/C10H10N2O3S/c11-12-9-3-1-8-6-10(16(13,14)15)4-2-7(8)5-9/h1-4,8H,5-6H2,(H,13,14,15). The predicted octanol–water partition coefficient (Wildman–Crippen LogP) is 1.34. The van der Waals surface area contributed by atoms with Gasteiger partial charge in [0.05, 0.1) is 11.3 Å². The van der Waals surface area contributed by atoms with Gasteiger partial charge in [-0.1, -0.05) is 17.7 Å². The van der Waals surface area contributed by atoms with Gasteiger partial charge >= 0.3 is 0 Å².